The Balaban J connectivity index is 2.09. The number of nitrogens with zero attached hydrogens (tertiary/aromatic N) is 1. The molecule has 1 fully saturated rings. The monoisotopic (exact) mass is 227 g/mol. The molecule has 1 aliphatic heterocycles. The Kier molecular flexibility index (Phi) is 6.46. The number of carbonyl (C=O) groups is 1. The van der Waals surface area contributed by atoms with Crippen LogP contribution in [0.3, 0.4) is 0 Å². The molecule has 3 nitrogen and oxygen atoms in total. The third kappa shape index (κ3) is 6.11. The molecule has 0 aromatic carbocycles. The zero-order chi connectivity index (χ0) is 11.8. The standard InChI is InChI=1S/C13H25NO2/c1-12(6-7-13(15)16)8-11-14-9-4-2-3-5-10-14/h12H,2-11H2,1H3,(H,15,16). The lowest BCUT2D eigenvalue weighted by molar-refractivity contribution is -0.137. The second kappa shape index (κ2) is 7.66. The molecule has 1 N–H and O–H groups in total. The minimum Gasteiger partial charge on any atom is -0.481 e. The van der Waals surface area contributed by atoms with Crippen molar-refractivity contribution in [3.05, 3.63) is 0 Å². The number of rotatable bonds is 6. The van der Waals surface area contributed by atoms with E-state index in [2.05, 4.69) is 11.8 Å². The van der Waals surface area contributed by atoms with E-state index in [9.17, 15) is 4.79 Å². The lowest BCUT2D eigenvalue weighted by atomic mass is 10.0. The number of hydrogen-bond acceptors (Lipinski definition) is 2. The maximum absolute atomic E-state index is 10.4. The Morgan fingerprint density at radius 1 is 1.19 bits per heavy atom. The molecule has 1 unspecified atom stereocenters. The Morgan fingerprint density at radius 2 is 1.81 bits per heavy atom. The number of likely N-dealkylation sites (tertiary alicyclic amines) is 1. The van der Waals surface area contributed by atoms with Gasteiger partial charge < -0.3 is 10.0 Å². The van der Waals surface area contributed by atoms with Crippen molar-refractivity contribution >= 4 is 5.97 Å². The number of carboxylic acid groups (broad SMARTS) is 1. The van der Waals surface area contributed by atoms with Crippen LogP contribution in [0.15, 0.2) is 0 Å². The smallest absolute Gasteiger partial charge is 0.303 e. The van der Waals surface area contributed by atoms with E-state index >= 15 is 0 Å². The summed E-state index contributed by atoms with van der Waals surface area (Å²) in [6, 6.07) is 0. The van der Waals surface area contributed by atoms with E-state index in [1.807, 2.05) is 0 Å². The molecule has 16 heavy (non-hydrogen) atoms. The summed E-state index contributed by atoms with van der Waals surface area (Å²) in [5.74, 6) is -0.124. The Morgan fingerprint density at radius 3 is 2.38 bits per heavy atom. The normalized spacial score (nSPS) is 20.3. The molecule has 1 atom stereocenters. The predicted octanol–water partition coefficient (Wildman–Crippen LogP) is 2.75. The van der Waals surface area contributed by atoms with Gasteiger partial charge in [0.25, 0.3) is 0 Å². The molecule has 0 bridgehead atoms. The first-order valence-corrected chi connectivity index (χ1v) is 6.62. The highest BCUT2D eigenvalue weighted by Gasteiger charge is 2.11. The van der Waals surface area contributed by atoms with Crippen molar-refractivity contribution in [3.8, 4) is 0 Å². The van der Waals surface area contributed by atoms with Gasteiger partial charge in [-0.1, -0.05) is 19.8 Å². The molecule has 0 saturated carbocycles. The minimum atomic E-state index is -0.665. The summed E-state index contributed by atoms with van der Waals surface area (Å²) in [6.45, 7) is 5.80. The first-order valence-electron chi connectivity index (χ1n) is 6.62. The molecule has 94 valence electrons. The van der Waals surface area contributed by atoms with Gasteiger partial charge in [0, 0.05) is 6.42 Å². The topological polar surface area (TPSA) is 40.5 Å². The highest BCUT2D eigenvalue weighted by molar-refractivity contribution is 5.66. The SMILES string of the molecule is CC(CCC(=O)O)CCN1CCCCCC1. The van der Waals surface area contributed by atoms with E-state index in [0.29, 0.717) is 12.3 Å². The van der Waals surface area contributed by atoms with Gasteiger partial charge in [-0.2, -0.15) is 0 Å². The van der Waals surface area contributed by atoms with Crippen molar-refractivity contribution in [1.29, 1.82) is 0 Å². The van der Waals surface area contributed by atoms with Gasteiger partial charge in [0.1, 0.15) is 0 Å². The maximum Gasteiger partial charge on any atom is 0.303 e. The fourth-order valence-electron chi connectivity index (χ4n) is 2.28. The average Bonchev–Trinajstić information content (AvgIpc) is 2.51. The van der Waals surface area contributed by atoms with Gasteiger partial charge in [-0.15, -0.1) is 0 Å². The largest absolute Gasteiger partial charge is 0.481 e. The zero-order valence-corrected chi connectivity index (χ0v) is 10.5. The molecule has 1 rings (SSSR count). The van der Waals surface area contributed by atoms with Crippen LogP contribution in [0.5, 0.6) is 0 Å². The molecule has 0 aromatic rings. The van der Waals surface area contributed by atoms with Crippen molar-refractivity contribution in [1.82, 2.24) is 4.90 Å². The molecular formula is C13H25NO2. The van der Waals surface area contributed by atoms with Gasteiger partial charge in [0.05, 0.1) is 0 Å². The predicted molar refractivity (Wildman–Crippen MR) is 65.6 cm³/mol. The van der Waals surface area contributed by atoms with E-state index in [4.69, 9.17) is 5.11 Å². The summed E-state index contributed by atoms with van der Waals surface area (Å²) in [6.07, 6.45) is 7.72. The lowest BCUT2D eigenvalue weighted by Crippen LogP contribution is -2.26. The van der Waals surface area contributed by atoms with Crippen LogP contribution < -0.4 is 0 Å². The third-order valence-corrected chi connectivity index (χ3v) is 3.49. The zero-order valence-electron chi connectivity index (χ0n) is 10.5. The highest BCUT2D eigenvalue weighted by Crippen LogP contribution is 2.14. The fourth-order valence-corrected chi connectivity index (χ4v) is 2.28. The van der Waals surface area contributed by atoms with E-state index in [-0.39, 0.29) is 0 Å². The van der Waals surface area contributed by atoms with Gasteiger partial charge in [0.2, 0.25) is 0 Å². The molecule has 0 aliphatic carbocycles. The maximum atomic E-state index is 10.4. The molecule has 0 radical (unpaired) electrons. The summed E-state index contributed by atoms with van der Waals surface area (Å²) >= 11 is 0. The first-order chi connectivity index (χ1) is 7.68. The molecule has 3 heteroatoms. The van der Waals surface area contributed by atoms with Crippen LogP contribution in [0.1, 0.15) is 51.9 Å². The second-order valence-electron chi connectivity index (χ2n) is 5.08. The first kappa shape index (κ1) is 13.5. The number of carboxylic acids is 1. The third-order valence-electron chi connectivity index (χ3n) is 3.49. The Hall–Kier alpha value is -0.570. The minimum absolute atomic E-state index is 0.321. The summed E-state index contributed by atoms with van der Waals surface area (Å²) in [5, 5.41) is 8.61. The molecule has 0 spiro atoms. The van der Waals surface area contributed by atoms with E-state index in [1.54, 1.807) is 0 Å². The van der Waals surface area contributed by atoms with Crippen LogP contribution in [0.2, 0.25) is 0 Å². The van der Waals surface area contributed by atoms with Crippen LogP contribution in [-0.2, 0) is 4.79 Å². The molecule has 1 saturated heterocycles. The van der Waals surface area contributed by atoms with Gasteiger partial charge in [0.15, 0.2) is 0 Å². The van der Waals surface area contributed by atoms with Crippen molar-refractivity contribution in [2.24, 2.45) is 5.92 Å². The molecule has 0 amide bonds. The van der Waals surface area contributed by atoms with Gasteiger partial charge >= 0.3 is 5.97 Å². The molecule has 1 heterocycles. The van der Waals surface area contributed by atoms with E-state index < -0.39 is 5.97 Å². The summed E-state index contributed by atoms with van der Waals surface area (Å²) in [4.78, 5) is 13.0. The quantitative estimate of drug-likeness (QED) is 0.758. The van der Waals surface area contributed by atoms with E-state index in [1.165, 1.54) is 38.8 Å². The van der Waals surface area contributed by atoms with Crippen LogP contribution >= 0.6 is 0 Å². The number of aliphatic carboxylic acids is 1. The Labute approximate surface area is 98.8 Å². The highest BCUT2D eigenvalue weighted by atomic mass is 16.4. The summed E-state index contributed by atoms with van der Waals surface area (Å²) in [7, 11) is 0. The van der Waals surface area contributed by atoms with E-state index in [0.717, 1.165) is 19.4 Å². The van der Waals surface area contributed by atoms with Crippen LogP contribution in [0, 0.1) is 5.92 Å². The summed E-state index contributed by atoms with van der Waals surface area (Å²) in [5.41, 5.74) is 0. The van der Waals surface area contributed by atoms with Crippen LogP contribution in [-0.4, -0.2) is 35.6 Å². The fraction of sp³-hybridized carbons (Fsp3) is 0.923. The van der Waals surface area contributed by atoms with Gasteiger partial charge in [-0.3, -0.25) is 4.79 Å². The second-order valence-corrected chi connectivity index (χ2v) is 5.08. The molecular weight excluding hydrogens is 202 g/mol. The molecule has 1 aliphatic rings. The van der Waals surface area contributed by atoms with Crippen LogP contribution in [0.4, 0.5) is 0 Å². The van der Waals surface area contributed by atoms with Gasteiger partial charge in [-0.05, 0) is 51.2 Å². The van der Waals surface area contributed by atoms with Crippen molar-refractivity contribution in [3.63, 3.8) is 0 Å². The van der Waals surface area contributed by atoms with Gasteiger partial charge in [-0.25, -0.2) is 0 Å². The summed E-state index contributed by atoms with van der Waals surface area (Å²) < 4.78 is 0. The van der Waals surface area contributed by atoms with Crippen LogP contribution in [0.25, 0.3) is 0 Å². The van der Waals surface area contributed by atoms with Crippen molar-refractivity contribution in [2.45, 2.75) is 51.9 Å². The Bertz CT molecular complexity index is 198. The van der Waals surface area contributed by atoms with Crippen molar-refractivity contribution < 1.29 is 9.90 Å². The number of hydrogen-bond donors (Lipinski definition) is 1. The van der Waals surface area contributed by atoms with Crippen molar-refractivity contribution in [2.75, 3.05) is 19.6 Å². The lowest BCUT2D eigenvalue weighted by Gasteiger charge is -2.21. The molecule has 0 aromatic heterocycles. The average molecular weight is 227 g/mol.